The fraction of sp³-hybridized carbons (Fsp3) is 0.611. The monoisotopic (exact) mass is 301 g/mol. The van der Waals surface area contributed by atoms with E-state index in [0.29, 0.717) is 6.42 Å². The Morgan fingerprint density at radius 3 is 2.41 bits per heavy atom. The Hall–Kier alpha value is -1.39. The fourth-order valence-electron chi connectivity index (χ4n) is 3.15. The topological polar surface area (TPSA) is 49.6 Å². The van der Waals surface area contributed by atoms with Crippen molar-refractivity contribution in [3.63, 3.8) is 0 Å². The molecular weight excluding hydrogens is 274 g/mol. The Morgan fingerprint density at radius 2 is 1.77 bits per heavy atom. The van der Waals surface area contributed by atoms with Crippen LogP contribution in [0.1, 0.15) is 30.4 Å². The molecule has 1 saturated carbocycles. The lowest BCUT2D eigenvalue weighted by Crippen LogP contribution is -2.47. The maximum atomic E-state index is 12.4. The molecule has 3 rings (SSSR count). The first-order valence-electron chi connectivity index (χ1n) is 8.38. The summed E-state index contributed by atoms with van der Waals surface area (Å²) in [5.74, 6) is 0.289. The van der Waals surface area contributed by atoms with Crippen molar-refractivity contribution in [3.8, 4) is 0 Å². The molecule has 0 bridgehead atoms. The highest BCUT2D eigenvalue weighted by molar-refractivity contribution is 5.76. The minimum atomic E-state index is 0.0254. The Morgan fingerprint density at radius 1 is 1.14 bits per heavy atom. The van der Waals surface area contributed by atoms with Gasteiger partial charge in [0.2, 0.25) is 5.91 Å². The molecule has 1 aliphatic carbocycles. The molecule has 22 heavy (non-hydrogen) atoms. The van der Waals surface area contributed by atoms with Gasteiger partial charge < -0.3 is 15.5 Å². The number of benzene rings is 1. The van der Waals surface area contributed by atoms with Crippen LogP contribution < -0.4 is 5.73 Å². The van der Waals surface area contributed by atoms with Gasteiger partial charge in [0.25, 0.3) is 0 Å². The summed E-state index contributed by atoms with van der Waals surface area (Å²) in [7, 11) is 2.11. The number of amides is 1. The molecule has 2 N–H and O–H groups in total. The SMILES string of the molecule is CN1CCN(C(=O)CCc2ccccc2CC2(N)CC2)CC1. The van der Waals surface area contributed by atoms with Crippen molar-refractivity contribution in [1.82, 2.24) is 9.80 Å². The van der Waals surface area contributed by atoms with E-state index in [2.05, 4.69) is 36.2 Å². The molecule has 0 unspecified atom stereocenters. The minimum absolute atomic E-state index is 0.0254. The second kappa shape index (κ2) is 6.39. The van der Waals surface area contributed by atoms with Gasteiger partial charge in [-0.25, -0.2) is 0 Å². The van der Waals surface area contributed by atoms with E-state index in [1.807, 2.05) is 4.90 Å². The second-order valence-electron chi connectivity index (χ2n) is 6.99. The van der Waals surface area contributed by atoms with Gasteiger partial charge in [-0.3, -0.25) is 4.79 Å². The Kier molecular flexibility index (Phi) is 4.50. The molecule has 0 atom stereocenters. The van der Waals surface area contributed by atoms with Crippen LogP contribution in [0.25, 0.3) is 0 Å². The third-order valence-electron chi connectivity index (χ3n) is 5.02. The van der Waals surface area contributed by atoms with Crippen molar-refractivity contribution >= 4 is 5.91 Å². The smallest absolute Gasteiger partial charge is 0.222 e. The van der Waals surface area contributed by atoms with Gasteiger partial charge in [0.1, 0.15) is 0 Å². The Labute approximate surface area is 133 Å². The molecule has 2 fully saturated rings. The molecular formula is C18H27N3O. The van der Waals surface area contributed by atoms with Crippen molar-refractivity contribution in [2.75, 3.05) is 33.2 Å². The van der Waals surface area contributed by atoms with Crippen LogP contribution in [-0.2, 0) is 17.6 Å². The lowest BCUT2D eigenvalue weighted by atomic mass is 9.96. The number of nitrogens with zero attached hydrogens (tertiary/aromatic N) is 2. The van der Waals surface area contributed by atoms with Gasteiger partial charge in [0.05, 0.1) is 0 Å². The van der Waals surface area contributed by atoms with E-state index in [4.69, 9.17) is 5.73 Å². The maximum Gasteiger partial charge on any atom is 0.222 e. The van der Waals surface area contributed by atoms with E-state index in [-0.39, 0.29) is 11.4 Å². The molecule has 120 valence electrons. The third kappa shape index (κ3) is 3.87. The molecule has 4 nitrogen and oxygen atoms in total. The van der Waals surface area contributed by atoms with Gasteiger partial charge in [-0.2, -0.15) is 0 Å². The van der Waals surface area contributed by atoms with Gasteiger partial charge >= 0.3 is 0 Å². The molecule has 0 radical (unpaired) electrons. The van der Waals surface area contributed by atoms with Crippen LogP contribution in [0.15, 0.2) is 24.3 Å². The zero-order valence-electron chi connectivity index (χ0n) is 13.6. The first kappa shape index (κ1) is 15.5. The molecule has 1 aromatic carbocycles. The first-order valence-corrected chi connectivity index (χ1v) is 8.38. The summed E-state index contributed by atoms with van der Waals surface area (Å²) in [6, 6.07) is 8.46. The molecule has 1 aliphatic heterocycles. The zero-order chi connectivity index (χ0) is 15.6. The van der Waals surface area contributed by atoms with E-state index < -0.39 is 0 Å². The third-order valence-corrected chi connectivity index (χ3v) is 5.02. The van der Waals surface area contributed by atoms with Crippen LogP contribution >= 0.6 is 0 Å². The number of hydrogen-bond donors (Lipinski definition) is 1. The van der Waals surface area contributed by atoms with Crippen LogP contribution in [0, 0.1) is 0 Å². The Balaban J connectivity index is 1.56. The second-order valence-corrected chi connectivity index (χ2v) is 6.99. The van der Waals surface area contributed by atoms with Crippen molar-refractivity contribution in [1.29, 1.82) is 0 Å². The maximum absolute atomic E-state index is 12.4. The largest absolute Gasteiger partial charge is 0.340 e. The fourth-order valence-corrected chi connectivity index (χ4v) is 3.15. The average molecular weight is 301 g/mol. The van der Waals surface area contributed by atoms with E-state index in [0.717, 1.165) is 51.9 Å². The highest BCUT2D eigenvalue weighted by Crippen LogP contribution is 2.36. The van der Waals surface area contributed by atoms with Crippen molar-refractivity contribution < 1.29 is 4.79 Å². The van der Waals surface area contributed by atoms with Crippen molar-refractivity contribution in [3.05, 3.63) is 35.4 Å². The predicted octanol–water partition coefficient (Wildman–Crippen LogP) is 1.43. The highest BCUT2D eigenvalue weighted by Gasteiger charge is 2.38. The van der Waals surface area contributed by atoms with E-state index in [1.54, 1.807) is 0 Å². The van der Waals surface area contributed by atoms with Gasteiger partial charge in [-0.1, -0.05) is 24.3 Å². The molecule has 0 spiro atoms. The summed E-state index contributed by atoms with van der Waals surface area (Å²) in [4.78, 5) is 16.7. The van der Waals surface area contributed by atoms with Gasteiger partial charge in [0.15, 0.2) is 0 Å². The summed E-state index contributed by atoms with van der Waals surface area (Å²) in [6.07, 6.45) is 4.64. The quantitative estimate of drug-likeness (QED) is 0.895. The average Bonchev–Trinajstić information content (AvgIpc) is 3.24. The molecule has 1 saturated heterocycles. The van der Waals surface area contributed by atoms with Gasteiger partial charge in [-0.15, -0.1) is 0 Å². The number of likely N-dealkylation sites (N-methyl/N-ethyl adjacent to an activating group) is 1. The molecule has 2 aliphatic rings. The van der Waals surface area contributed by atoms with Crippen LogP contribution in [0.5, 0.6) is 0 Å². The standard InChI is InChI=1S/C18H27N3O/c1-20-10-12-21(13-11-20)17(22)7-6-15-4-2-3-5-16(15)14-18(19)8-9-18/h2-5H,6-14,19H2,1H3. The molecule has 4 heteroatoms. The normalized spacial score (nSPS) is 20.9. The van der Waals surface area contributed by atoms with Crippen LogP contribution in [0.3, 0.4) is 0 Å². The number of rotatable bonds is 5. The predicted molar refractivity (Wildman–Crippen MR) is 88.7 cm³/mol. The number of piperazine rings is 1. The van der Waals surface area contributed by atoms with Crippen LogP contribution in [0.4, 0.5) is 0 Å². The van der Waals surface area contributed by atoms with E-state index in [9.17, 15) is 4.79 Å². The lowest BCUT2D eigenvalue weighted by molar-refractivity contribution is -0.132. The summed E-state index contributed by atoms with van der Waals surface area (Å²) in [6.45, 7) is 3.70. The molecule has 1 heterocycles. The Bertz CT molecular complexity index is 531. The molecule has 1 amide bonds. The number of aryl methyl sites for hydroxylation is 1. The summed E-state index contributed by atoms with van der Waals surface area (Å²) in [5, 5.41) is 0. The van der Waals surface area contributed by atoms with Crippen molar-refractivity contribution in [2.45, 2.75) is 37.6 Å². The van der Waals surface area contributed by atoms with Crippen LogP contribution in [0.2, 0.25) is 0 Å². The number of carbonyl (C=O) groups excluding carboxylic acids is 1. The first-order chi connectivity index (χ1) is 10.6. The summed E-state index contributed by atoms with van der Waals surface area (Å²) < 4.78 is 0. The summed E-state index contributed by atoms with van der Waals surface area (Å²) in [5.41, 5.74) is 8.90. The van der Waals surface area contributed by atoms with E-state index in [1.165, 1.54) is 11.1 Å². The number of carbonyl (C=O) groups is 1. The minimum Gasteiger partial charge on any atom is -0.340 e. The van der Waals surface area contributed by atoms with Crippen LogP contribution in [-0.4, -0.2) is 54.5 Å². The molecule has 0 aromatic heterocycles. The zero-order valence-corrected chi connectivity index (χ0v) is 13.6. The van der Waals surface area contributed by atoms with E-state index >= 15 is 0 Å². The molecule has 1 aromatic rings. The highest BCUT2D eigenvalue weighted by atomic mass is 16.2. The van der Waals surface area contributed by atoms with Gasteiger partial charge in [0, 0.05) is 38.1 Å². The lowest BCUT2D eigenvalue weighted by Gasteiger charge is -2.32. The number of nitrogens with two attached hydrogens (primary N) is 1. The van der Waals surface area contributed by atoms with Gasteiger partial charge in [-0.05, 0) is 43.9 Å². The number of hydrogen-bond acceptors (Lipinski definition) is 3. The summed E-state index contributed by atoms with van der Waals surface area (Å²) >= 11 is 0. The van der Waals surface area contributed by atoms with Crippen molar-refractivity contribution in [2.24, 2.45) is 5.73 Å².